The van der Waals surface area contributed by atoms with Crippen LogP contribution < -0.4 is 0 Å². The van der Waals surface area contributed by atoms with Crippen molar-refractivity contribution in [1.82, 2.24) is 15.0 Å². The summed E-state index contributed by atoms with van der Waals surface area (Å²) in [5.41, 5.74) is 3.28. The summed E-state index contributed by atoms with van der Waals surface area (Å²) in [6.07, 6.45) is 1.81. The van der Waals surface area contributed by atoms with Crippen molar-refractivity contribution >= 4 is 16.9 Å². The Morgan fingerprint density at radius 1 is 1.37 bits per heavy atom. The van der Waals surface area contributed by atoms with Gasteiger partial charge in [-0.3, -0.25) is 4.79 Å². The van der Waals surface area contributed by atoms with Crippen LogP contribution in [0.15, 0.2) is 30.5 Å². The fourth-order valence-corrected chi connectivity index (χ4v) is 2.31. The first kappa shape index (κ1) is 11.5. The molecular weight excluding hydrogens is 242 g/mol. The summed E-state index contributed by atoms with van der Waals surface area (Å²) in [5, 5.41) is 10.00. The van der Waals surface area contributed by atoms with Crippen LogP contribution in [0.4, 0.5) is 0 Å². The van der Waals surface area contributed by atoms with Crippen molar-refractivity contribution in [3.05, 3.63) is 42.0 Å². The van der Waals surface area contributed by atoms with E-state index in [2.05, 4.69) is 15.0 Å². The molecule has 0 amide bonds. The Hall–Kier alpha value is -2.56. The Labute approximate surface area is 109 Å². The first-order chi connectivity index (χ1) is 9.15. The van der Waals surface area contributed by atoms with Crippen LogP contribution in [-0.2, 0) is 11.2 Å². The van der Waals surface area contributed by atoms with Crippen LogP contribution in [0.1, 0.15) is 11.5 Å². The van der Waals surface area contributed by atoms with Gasteiger partial charge in [-0.2, -0.15) is 0 Å². The zero-order valence-electron chi connectivity index (χ0n) is 10.4. The number of aryl methyl sites for hydroxylation is 1. The van der Waals surface area contributed by atoms with Gasteiger partial charge in [-0.1, -0.05) is 18.2 Å². The molecule has 2 heterocycles. The molecule has 0 spiro atoms. The summed E-state index contributed by atoms with van der Waals surface area (Å²) in [5.74, 6) is -0.152. The van der Waals surface area contributed by atoms with Crippen molar-refractivity contribution in [3.8, 4) is 11.3 Å². The zero-order valence-corrected chi connectivity index (χ0v) is 10.4. The molecule has 19 heavy (non-hydrogen) atoms. The number of hydrogen-bond donors (Lipinski definition) is 3. The SMILES string of the molecule is Cc1nc(-c2c[nH]c3ccccc23)c(CC(=O)O)[nH]1. The molecule has 0 atom stereocenters. The van der Waals surface area contributed by atoms with E-state index >= 15 is 0 Å². The second kappa shape index (κ2) is 4.28. The summed E-state index contributed by atoms with van der Waals surface area (Å²) < 4.78 is 0. The van der Waals surface area contributed by atoms with Crippen molar-refractivity contribution < 1.29 is 9.90 Å². The van der Waals surface area contributed by atoms with Gasteiger partial charge < -0.3 is 15.1 Å². The van der Waals surface area contributed by atoms with Crippen LogP contribution in [0.5, 0.6) is 0 Å². The first-order valence-electron chi connectivity index (χ1n) is 5.99. The van der Waals surface area contributed by atoms with E-state index in [1.807, 2.05) is 37.4 Å². The van der Waals surface area contributed by atoms with Crippen LogP contribution in [0, 0.1) is 6.92 Å². The lowest BCUT2D eigenvalue weighted by Gasteiger charge is -1.99. The molecule has 0 saturated heterocycles. The van der Waals surface area contributed by atoms with Crippen molar-refractivity contribution in [1.29, 1.82) is 0 Å². The zero-order chi connectivity index (χ0) is 13.4. The molecule has 0 fully saturated rings. The predicted molar refractivity (Wildman–Crippen MR) is 72.0 cm³/mol. The molecule has 0 saturated carbocycles. The number of H-pyrrole nitrogens is 2. The minimum atomic E-state index is -0.871. The Morgan fingerprint density at radius 2 is 2.16 bits per heavy atom. The van der Waals surface area contributed by atoms with Crippen molar-refractivity contribution in [3.63, 3.8) is 0 Å². The molecular formula is C14H13N3O2. The topological polar surface area (TPSA) is 81.8 Å². The number of nitrogens with one attached hydrogen (secondary N) is 2. The van der Waals surface area contributed by atoms with E-state index < -0.39 is 5.97 Å². The van der Waals surface area contributed by atoms with E-state index in [1.54, 1.807) is 0 Å². The van der Waals surface area contributed by atoms with E-state index in [0.29, 0.717) is 11.4 Å². The van der Waals surface area contributed by atoms with Crippen LogP contribution in [0.25, 0.3) is 22.2 Å². The second-order valence-corrected chi connectivity index (χ2v) is 4.47. The largest absolute Gasteiger partial charge is 0.481 e. The number of carbonyl (C=O) groups is 1. The summed E-state index contributed by atoms with van der Waals surface area (Å²) in [7, 11) is 0. The molecule has 5 nitrogen and oxygen atoms in total. The van der Waals surface area contributed by atoms with Gasteiger partial charge in [0.25, 0.3) is 0 Å². The van der Waals surface area contributed by atoms with Crippen molar-refractivity contribution in [2.75, 3.05) is 0 Å². The van der Waals surface area contributed by atoms with Gasteiger partial charge in [-0.05, 0) is 13.0 Å². The highest BCUT2D eigenvalue weighted by Gasteiger charge is 2.16. The van der Waals surface area contributed by atoms with Crippen LogP contribution >= 0.6 is 0 Å². The Morgan fingerprint density at radius 3 is 2.95 bits per heavy atom. The minimum absolute atomic E-state index is 0.0598. The van der Waals surface area contributed by atoms with Crippen molar-refractivity contribution in [2.24, 2.45) is 0 Å². The lowest BCUT2D eigenvalue weighted by Crippen LogP contribution is -2.01. The Kier molecular flexibility index (Phi) is 2.59. The normalized spacial score (nSPS) is 11.0. The number of rotatable bonds is 3. The van der Waals surface area contributed by atoms with Gasteiger partial charge in [0, 0.05) is 22.7 Å². The fourth-order valence-electron chi connectivity index (χ4n) is 2.31. The summed E-state index contributed by atoms with van der Waals surface area (Å²) in [6, 6.07) is 7.89. The molecule has 0 unspecified atom stereocenters. The van der Waals surface area contributed by atoms with Gasteiger partial charge in [-0.25, -0.2) is 4.98 Å². The van der Waals surface area contributed by atoms with Gasteiger partial charge in [0.2, 0.25) is 0 Å². The highest BCUT2D eigenvalue weighted by Crippen LogP contribution is 2.29. The molecule has 0 radical (unpaired) electrons. The molecule has 0 aliphatic heterocycles. The average molecular weight is 255 g/mol. The number of fused-ring (bicyclic) bond motifs is 1. The number of carboxylic acid groups (broad SMARTS) is 1. The molecule has 3 N–H and O–H groups in total. The maximum atomic E-state index is 10.9. The summed E-state index contributed by atoms with van der Waals surface area (Å²) in [6.45, 7) is 1.82. The number of benzene rings is 1. The van der Waals surface area contributed by atoms with Crippen molar-refractivity contribution in [2.45, 2.75) is 13.3 Å². The van der Waals surface area contributed by atoms with E-state index in [-0.39, 0.29) is 6.42 Å². The molecule has 3 aromatic rings. The van der Waals surface area contributed by atoms with Crippen LogP contribution in [0.3, 0.4) is 0 Å². The molecule has 2 aromatic heterocycles. The number of aliphatic carboxylic acids is 1. The third kappa shape index (κ3) is 1.99. The number of carboxylic acids is 1. The summed E-state index contributed by atoms with van der Waals surface area (Å²) >= 11 is 0. The van der Waals surface area contributed by atoms with Gasteiger partial charge in [-0.15, -0.1) is 0 Å². The monoisotopic (exact) mass is 255 g/mol. The lowest BCUT2D eigenvalue weighted by molar-refractivity contribution is -0.136. The molecule has 96 valence electrons. The van der Waals surface area contributed by atoms with E-state index in [9.17, 15) is 4.79 Å². The number of para-hydroxylation sites is 1. The summed E-state index contributed by atoms with van der Waals surface area (Å²) in [4.78, 5) is 21.5. The second-order valence-electron chi connectivity index (χ2n) is 4.47. The lowest BCUT2D eigenvalue weighted by atomic mass is 10.1. The number of nitrogens with zero attached hydrogens (tertiary/aromatic N) is 1. The maximum absolute atomic E-state index is 10.9. The van der Waals surface area contributed by atoms with Gasteiger partial charge in [0.15, 0.2) is 0 Å². The molecule has 0 aliphatic rings. The molecule has 0 bridgehead atoms. The first-order valence-corrected chi connectivity index (χ1v) is 5.99. The van der Waals surface area contributed by atoms with Gasteiger partial charge >= 0.3 is 5.97 Å². The average Bonchev–Trinajstić information content (AvgIpc) is 2.92. The van der Waals surface area contributed by atoms with E-state index in [4.69, 9.17) is 5.11 Å². The van der Waals surface area contributed by atoms with E-state index in [1.165, 1.54) is 0 Å². The van der Waals surface area contributed by atoms with Gasteiger partial charge in [0.1, 0.15) is 5.82 Å². The quantitative estimate of drug-likeness (QED) is 0.672. The number of aromatic nitrogens is 3. The number of hydrogen-bond acceptors (Lipinski definition) is 2. The predicted octanol–water partition coefficient (Wildman–Crippen LogP) is 2.49. The van der Waals surface area contributed by atoms with Crippen LogP contribution in [0.2, 0.25) is 0 Å². The highest BCUT2D eigenvalue weighted by atomic mass is 16.4. The number of imidazole rings is 1. The third-order valence-corrected chi connectivity index (χ3v) is 3.07. The Bertz CT molecular complexity index is 755. The molecule has 0 aliphatic carbocycles. The Balaban J connectivity index is 2.18. The molecule has 5 heteroatoms. The maximum Gasteiger partial charge on any atom is 0.309 e. The standard InChI is InChI=1S/C14H13N3O2/c1-8-16-12(6-13(18)19)14(17-8)10-7-15-11-5-3-2-4-9(10)11/h2-5,7,15H,6H2,1H3,(H,16,17)(H,18,19). The van der Waals surface area contributed by atoms with Gasteiger partial charge in [0.05, 0.1) is 17.8 Å². The molecule has 1 aromatic carbocycles. The molecule has 3 rings (SSSR count). The van der Waals surface area contributed by atoms with Crippen LogP contribution in [-0.4, -0.2) is 26.0 Å². The smallest absolute Gasteiger partial charge is 0.309 e. The minimum Gasteiger partial charge on any atom is -0.481 e. The number of aromatic amines is 2. The third-order valence-electron chi connectivity index (χ3n) is 3.07. The fraction of sp³-hybridized carbons (Fsp3) is 0.143. The highest BCUT2D eigenvalue weighted by molar-refractivity contribution is 5.95. The van der Waals surface area contributed by atoms with E-state index in [0.717, 1.165) is 22.3 Å².